The van der Waals surface area contributed by atoms with Crippen LogP contribution in [0.4, 0.5) is 10.6 Å². The number of ether oxygens (including phenoxy) is 1. The van der Waals surface area contributed by atoms with Gasteiger partial charge in [-0.15, -0.1) is 0 Å². The molecule has 1 aliphatic rings. The van der Waals surface area contributed by atoms with E-state index in [1.54, 1.807) is 37.2 Å². The van der Waals surface area contributed by atoms with Crippen LogP contribution in [0.3, 0.4) is 0 Å². The lowest BCUT2D eigenvalue weighted by atomic mass is 10.1. The minimum Gasteiger partial charge on any atom is -0.383 e. The molecule has 2 atom stereocenters. The number of aromatic nitrogens is 3. The highest BCUT2D eigenvalue weighted by Gasteiger charge is 2.31. The molecule has 0 saturated carbocycles. The lowest BCUT2D eigenvalue weighted by molar-refractivity contribution is 0.0958. The molecule has 0 bridgehead atoms. The van der Waals surface area contributed by atoms with Crippen molar-refractivity contribution in [1.29, 1.82) is 0 Å². The molecule has 10 nitrogen and oxygen atoms in total. The second-order valence-corrected chi connectivity index (χ2v) is 9.02. The summed E-state index contributed by atoms with van der Waals surface area (Å²) in [7, 11) is 3.26. The SMILES string of the molecule is CNC(=O)c1ccc(-c2nn(-c3ccccc3)c(NC(=O)N[C@@H]3CN(CCOC)C[C@H]3C)c2C)cn1. The third-order valence-corrected chi connectivity index (χ3v) is 6.47. The molecule has 4 rings (SSSR count). The zero-order valence-corrected chi connectivity index (χ0v) is 21.1. The van der Waals surface area contributed by atoms with Crippen molar-refractivity contribution in [1.82, 2.24) is 30.3 Å². The van der Waals surface area contributed by atoms with Gasteiger partial charge in [-0.3, -0.25) is 20.0 Å². The van der Waals surface area contributed by atoms with Crippen LogP contribution in [0.5, 0.6) is 0 Å². The molecule has 0 radical (unpaired) electrons. The Morgan fingerprint density at radius 3 is 2.58 bits per heavy atom. The summed E-state index contributed by atoms with van der Waals surface area (Å²) in [6.07, 6.45) is 1.62. The van der Waals surface area contributed by atoms with Gasteiger partial charge in [0.25, 0.3) is 5.91 Å². The minimum absolute atomic E-state index is 0.0381. The van der Waals surface area contributed by atoms with E-state index in [1.165, 1.54) is 0 Å². The maximum absolute atomic E-state index is 13.1. The molecule has 1 saturated heterocycles. The topological polar surface area (TPSA) is 113 Å². The summed E-state index contributed by atoms with van der Waals surface area (Å²) < 4.78 is 6.91. The number of likely N-dealkylation sites (tertiary alicyclic amines) is 1. The Bertz CT molecular complexity index is 1190. The fourth-order valence-electron chi connectivity index (χ4n) is 4.44. The lowest BCUT2D eigenvalue weighted by Crippen LogP contribution is -2.42. The van der Waals surface area contributed by atoms with E-state index in [0.717, 1.165) is 36.4 Å². The van der Waals surface area contributed by atoms with Gasteiger partial charge in [-0.25, -0.2) is 9.48 Å². The summed E-state index contributed by atoms with van der Waals surface area (Å²) in [6.45, 7) is 7.26. The van der Waals surface area contributed by atoms with Crippen molar-refractivity contribution < 1.29 is 14.3 Å². The maximum atomic E-state index is 13.1. The second-order valence-electron chi connectivity index (χ2n) is 9.02. The molecule has 1 aliphatic heterocycles. The first-order valence-electron chi connectivity index (χ1n) is 12.0. The van der Waals surface area contributed by atoms with Gasteiger partial charge in [0.05, 0.1) is 18.0 Å². The van der Waals surface area contributed by atoms with Crippen LogP contribution in [0.15, 0.2) is 48.7 Å². The van der Waals surface area contributed by atoms with Crippen LogP contribution in [-0.2, 0) is 4.74 Å². The van der Waals surface area contributed by atoms with E-state index in [1.807, 2.05) is 37.3 Å². The number of nitrogens with zero attached hydrogens (tertiary/aromatic N) is 4. The van der Waals surface area contributed by atoms with Gasteiger partial charge in [0.1, 0.15) is 11.5 Å². The zero-order valence-electron chi connectivity index (χ0n) is 21.1. The molecule has 3 heterocycles. The Balaban J connectivity index is 1.58. The molecule has 3 N–H and O–H groups in total. The number of benzene rings is 1. The van der Waals surface area contributed by atoms with Gasteiger partial charge >= 0.3 is 6.03 Å². The van der Waals surface area contributed by atoms with E-state index in [-0.39, 0.29) is 18.0 Å². The van der Waals surface area contributed by atoms with Crippen molar-refractivity contribution in [2.24, 2.45) is 5.92 Å². The number of pyridine rings is 1. The summed E-state index contributed by atoms with van der Waals surface area (Å²) in [5.41, 5.74) is 3.35. The Kier molecular flexibility index (Phi) is 7.97. The van der Waals surface area contributed by atoms with Gasteiger partial charge in [-0.1, -0.05) is 25.1 Å². The van der Waals surface area contributed by atoms with Crippen LogP contribution in [0, 0.1) is 12.8 Å². The van der Waals surface area contributed by atoms with Crippen molar-refractivity contribution in [2.45, 2.75) is 19.9 Å². The predicted octanol–water partition coefficient (Wildman–Crippen LogP) is 2.69. The standard InChI is InChI=1S/C26H33N7O3/c1-17-15-32(12-13-36-4)16-22(17)29-26(35)30-24-18(2)23(31-33(24)20-8-6-5-7-9-20)19-10-11-21(28-14-19)25(34)27-3/h5-11,14,17,22H,12-13,15-16H2,1-4H3,(H,27,34)(H2,29,30,35)/t17-,22-/m1/s1. The highest BCUT2D eigenvalue weighted by atomic mass is 16.5. The average Bonchev–Trinajstić information content (AvgIpc) is 3.41. The van der Waals surface area contributed by atoms with Gasteiger partial charge in [-0.05, 0) is 37.1 Å². The lowest BCUT2D eigenvalue weighted by Gasteiger charge is -2.18. The molecule has 2 aromatic heterocycles. The number of methoxy groups -OCH3 is 1. The molecule has 3 aromatic rings. The molecule has 3 amide bonds. The smallest absolute Gasteiger partial charge is 0.320 e. The van der Waals surface area contributed by atoms with Crippen LogP contribution >= 0.6 is 0 Å². The third kappa shape index (κ3) is 5.55. The first-order valence-corrected chi connectivity index (χ1v) is 12.0. The number of hydrogen-bond acceptors (Lipinski definition) is 6. The fraction of sp³-hybridized carbons (Fsp3) is 0.385. The number of carbonyl (C=O) groups excluding carboxylic acids is 2. The number of nitrogens with one attached hydrogen (secondary N) is 3. The number of rotatable bonds is 8. The molecule has 10 heteroatoms. The zero-order chi connectivity index (χ0) is 25.7. The Hall–Kier alpha value is -3.76. The highest BCUT2D eigenvalue weighted by Crippen LogP contribution is 2.30. The molecular weight excluding hydrogens is 458 g/mol. The number of anilines is 1. The molecule has 0 aliphatic carbocycles. The fourth-order valence-corrected chi connectivity index (χ4v) is 4.44. The van der Waals surface area contributed by atoms with Crippen LogP contribution in [0.2, 0.25) is 0 Å². The van der Waals surface area contributed by atoms with Crippen LogP contribution in [-0.4, -0.2) is 78.0 Å². The van der Waals surface area contributed by atoms with E-state index in [9.17, 15) is 9.59 Å². The predicted molar refractivity (Wildman–Crippen MR) is 138 cm³/mol. The van der Waals surface area contributed by atoms with Crippen LogP contribution in [0.1, 0.15) is 23.0 Å². The number of carbonyl (C=O) groups is 2. The first-order chi connectivity index (χ1) is 17.4. The molecular formula is C26H33N7O3. The van der Waals surface area contributed by atoms with Gasteiger partial charge < -0.3 is 15.4 Å². The molecule has 1 fully saturated rings. The molecule has 0 spiro atoms. The van der Waals surface area contributed by atoms with Gasteiger partial charge in [-0.2, -0.15) is 5.10 Å². The summed E-state index contributed by atoms with van der Waals surface area (Å²) in [4.78, 5) is 31.5. The van der Waals surface area contributed by atoms with Crippen molar-refractivity contribution in [3.05, 3.63) is 59.9 Å². The van der Waals surface area contributed by atoms with Crippen molar-refractivity contribution in [3.63, 3.8) is 0 Å². The summed E-state index contributed by atoms with van der Waals surface area (Å²) in [5, 5.41) is 13.5. The average molecular weight is 492 g/mol. The van der Waals surface area contributed by atoms with E-state index in [2.05, 4.69) is 32.8 Å². The third-order valence-electron chi connectivity index (χ3n) is 6.47. The van der Waals surface area contributed by atoms with Crippen LogP contribution in [0.25, 0.3) is 16.9 Å². The van der Waals surface area contributed by atoms with Gasteiger partial charge in [0.2, 0.25) is 0 Å². The van der Waals surface area contributed by atoms with Crippen molar-refractivity contribution in [3.8, 4) is 16.9 Å². The highest BCUT2D eigenvalue weighted by molar-refractivity contribution is 5.93. The molecule has 36 heavy (non-hydrogen) atoms. The minimum atomic E-state index is -0.278. The normalized spacial score (nSPS) is 17.7. The summed E-state index contributed by atoms with van der Waals surface area (Å²) in [6, 6.07) is 12.9. The van der Waals surface area contributed by atoms with E-state index >= 15 is 0 Å². The van der Waals surface area contributed by atoms with Gasteiger partial charge in [0, 0.05) is 57.2 Å². The first kappa shape index (κ1) is 25.3. The molecule has 190 valence electrons. The Morgan fingerprint density at radius 1 is 1.14 bits per heavy atom. The Morgan fingerprint density at radius 2 is 1.92 bits per heavy atom. The number of amides is 3. The second kappa shape index (κ2) is 11.3. The number of urea groups is 1. The molecule has 0 unspecified atom stereocenters. The number of hydrogen-bond donors (Lipinski definition) is 3. The van der Waals surface area contributed by atoms with Crippen molar-refractivity contribution in [2.75, 3.05) is 45.7 Å². The summed E-state index contributed by atoms with van der Waals surface area (Å²) in [5.74, 6) is 0.646. The van der Waals surface area contributed by atoms with Crippen molar-refractivity contribution >= 4 is 17.8 Å². The Labute approximate surface area is 211 Å². The quantitative estimate of drug-likeness (QED) is 0.447. The van der Waals surface area contributed by atoms with E-state index < -0.39 is 0 Å². The van der Waals surface area contributed by atoms with E-state index in [0.29, 0.717) is 29.7 Å². The van der Waals surface area contributed by atoms with Gasteiger partial charge in [0.15, 0.2) is 0 Å². The largest absolute Gasteiger partial charge is 0.383 e. The number of para-hydroxylation sites is 1. The van der Waals surface area contributed by atoms with Crippen LogP contribution < -0.4 is 16.0 Å². The van der Waals surface area contributed by atoms with E-state index in [4.69, 9.17) is 9.84 Å². The summed E-state index contributed by atoms with van der Waals surface area (Å²) >= 11 is 0. The molecule has 1 aromatic carbocycles. The maximum Gasteiger partial charge on any atom is 0.320 e. The monoisotopic (exact) mass is 491 g/mol.